The Bertz CT molecular complexity index is 2220. The van der Waals surface area contributed by atoms with Gasteiger partial charge in [-0.15, -0.1) is 0 Å². The molecule has 9 aromatic rings. The normalized spacial score (nSPS) is 12.1. The summed E-state index contributed by atoms with van der Waals surface area (Å²) < 4.78 is 7.38. The molecule has 6 aromatic carbocycles. The highest BCUT2D eigenvalue weighted by Gasteiger charge is 2.17. The summed E-state index contributed by atoms with van der Waals surface area (Å²) in [6, 6.07) is 49.1. The lowest BCUT2D eigenvalue weighted by Gasteiger charge is -2.10. The maximum absolute atomic E-state index is 2.53. The number of hydrogen-bond donors (Lipinski definition) is 0. The zero-order chi connectivity index (χ0) is 28.5. The maximum Gasteiger partial charge on any atom is 0.0541 e. The second-order valence-electron chi connectivity index (χ2n) is 11.6. The van der Waals surface area contributed by atoms with E-state index in [1.54, 1.807) is 0 Å². The highest BCUT2D eigenvalue weighted by atomic mass is 15.0. The Kier molecular flexibility index (Phi) is 5.30. The number of rotatable bonds is 5. The van der Waals surface area contributed by atoms with Crippen LogP contribution in [0, 0.1) is 0 Å². The summed E-state index contributed by atoms with van der Waals surface area (Å²) in [7, 11) is 0. The van der Waals surface area contributed by atoms with E-state index in [-0.39, 0.29) is 0 Å². The lowest BCUT2D eigenvalue weighted by atomic mass is 10.1. The van der Waals surface area contributed by atoms with Crippen LogP contribution in [-0.4, -0.2) is 13.7 Å². The molecule has 0 aliphatic rings. The van der Waals surface area contributed by atoms with Gasteiger partial charge < -0.3 is 13.7 Å². The summed E-state index contributed by atoms with van der Waals surface area (Å²) in [6.07, 6.45) is 2.32. The van der Waals surface area contributed by atoms with Crippen LogP contribution in [0.5, 0.6) is 0 Å². The van der Waals surface area contributed by atoms with Crippen LogP contribution in [0.1, 0.15) is 19.8 Å². The molecule has 0 fully saturated rings. The minimum absolute atomic E-state index is 1.01. The number of unbranched alkanes of at least 4 members (excludes halogenated alkanes) is 1. The highest BCUT2D eigenvalue weighted by Crippen LogP contribution is 2.38. The van der Waals surface area contributed by atoms with Gasteiger partial charge in [0.05, 0.1) is 22.1 Å². The zero-order valence-electron chi connectivity index (χ0n) is 24.2. The van der Waals surface area contributed by atoms with Crippen molar-refractivity contribution >= 4 is 65.4 Å². The molecule has 0 aliphatic heterocycles. The fourth-order valence-electron chi connectivity index (χ4n) is 7.32. The highest BCUT2D eigenvalue weighted by molar-refractivity contribution is 6.13. The Morgan fingerprint density at radius 2 is 0.767 bits per heavy atom. The number of nitrogens with zero attached hydrogens (tertiary/aromatic N) is 3. The van der Waals surface area contributed by atoms with Crippen LogP contribution in [0.3, 0.4) is 0 Å². The summed E-state index contributed by atoms with van der Waals surface area (Å²) >= 11 is 0. The molecule has 0 unspecified atom stereocenters. The molecule has 206 valence electrons. The van der Waals surface area contributed by atoms with Gasteiger partial charge in [0.15, 0.2) is 0 Å². The molecule has 9 rings (SSSR count). The minimum atomic E-state index is 1.01. The monoisotopic (exact) mass is 553 g/mol. The van der Waals surface area contributed by atoms with Gasteiger partial charge in [-0.3, -0.25) is 0 Å². The average molecular weight is 554 g/mol. The van der Waals surface area contributed by atoms with Gasteiger partial charge in [-0.1, -0.05) is 86.1 Å². The molecule has 0 bridgehead atoms. The summed E-state index contributed by atoms with van der Waals surface area (Å²) in [4.78, 5) is 0. The van der Waals surface area contributed by atoms with Crippen molar-refractivity contribution < 1.29 is 0 Å². The van der Waals surface area contributed by atoms with E-state index in [0.717, 1.165) is 13.0 Å². The fourth-order valence-corrected chi connectivity index (χ4v) is 7.32. The molecule has 0 spiro atoms. The van der Waals surface area contributed by atoms with Gasteiger partial charge in [0, 0.05) is 61.3 Å². The van der Waals surface area contributed by atoms with Crippen molar-refractivity contribution in [3.63, 3.8) is 0 Å². The van der Waals surface area contributed by atoms with Crippen molar-refractivity contribution in [2.45, 2.75) is 26.3 Å². The Balaban J connectivity index is 1.35. The second kappa shape index (κ2) is 9.37. The quantitative estimate of drug-likeness (QED) is 0.201. The topological polar surface area (TPSA) is 14.8 Å². The average Bonchev–Trinajstić information content (AvgIpc) is 3.69. The molecular formula is C40H31N3. The molecule has 0 saturated carbocycles. The number of benzene rings is 6. The van der Waals surface area contributed by atoms with Gasteiger partial charge in [-0.2, -0.15) is 0 Å². The van der Waals surface area contributed by atoms with E-state index in [4.69, 9.17) is 0 Å². The smallest absolute Gasteiger partial charge is 0.0541 e. The number of para-hydroxylation sites is 4. The number of aryl methyl sites for hydroxylation is 1. The van der Waals surface area contributed by atoms with Crippen molar-refractivity contribution in [2.75, 3.05) is 0 Å². The lowest BCUT2D eigenvalue weighted by molar-refractivity contribution is 0.665. The van der Waals surface area contributed by atoms with E-state index in [2.05, 4.69) is 154 Å². The van der Waals surface area contributed by atoms with E-state index in [0.29, 0.717) is 0 Å². The first-order valence-corrected chi connectivity index (χ1v) is 15.3. The molecule has 0 radical (unpaired) electrons. The first kappa shape index (κ1) is 24.3. The standard InChI is InChI=1S/C40H31N3/c1-2-3-24-41-35-22-20-27(42-37-16-8-4-12-29(37)30-13-5-9-17-38(30)42)25-33(35)34-26-28(21-23-36(34)41)43-39-18-10-6-14-31(39)32-15-7-11-19-40(32)43/h4-23,25-26H,2-3,24H2,1H3. The van der Waals surface area contributed by atoms with Crippen LogP contribution < -0.4 is 0 Å². The van der Waals surface area contributed by atoms with Crippen molar-refractivity contribution in [3.05, 3.63) is 133 Å². The maximum atomic E-state index is 2.53. The van der Waals surface area contributed by atoms with E-state index < -0.39 is 0 Å². The predicted octanol–water partition coefficient (Wildman–Crippen LogP) is 10.8. The molecule has 3 heterocycles. The van der Waals surface area contributed by atoms with Gasteiger partial charge in [-0.05, 0) is 67.1 Å². The number of aromatic nitrogens is 3. The van der Waals surface area contributed by atoms with Gasteiger partial charge in [0.1, 0.15) is 0 Å². The minimum Gasteiger partial charge on any atom is -0.340 e. The van der Waals surface area contributed by atoms with Crippen LogP contribution in [0.25, 0.3) is 76.8 Å². The largest absolute Gasteiger partial charge is 0.340 e. The predicted molar refractivity (Wildman–Crippen MR) is 183 cm³/mol. The van der Waals surface area contributed by atoms with Crippen LogP contribution in [0.2, 0.25) is 0 Å². The molecule has 43 heavy (non-hydrogen) atoms. The molecule has 3 aromatic heterocycles. The van der Waals surface area contributed by atoms with Crippen molar-refractivity contribution in [2.24, 2.45) is 0 Å². The molecular weight excluding hydrogens is 522 g/mol. The third-order valence-electron chi connectivity index (χ3n) is 9.24. The first-order chi connectivity index (χ1) is 21.3. The Labute approximate surface area is 249 Å². The number of fused-ring (bicyclic) bond motifs is 9. The molecule has 0 saturated heterocycles. The van der Waals surface area contributed by atoms with Gasteiger partial charge in [-0.25, -0.2) is 0 Å². The Morgan fingerprint density at radius 3 is 1.14 bits per heavy atom. The Hall–Kier alpha value is -5.28. The van der Waals surface area contributed by atoms with Gasteiger partial charge in [0.25, 0.3) is 0 Å². The van der Waals surface area contributed by atoms with Gasteiger partial charge >= 0.3 is 0 Å². The van der Waals surface area contributed by atoms with E-state index in [9.17, 15) is 0 Å². The summed E-state index contributed by atoms with van der Waals surface area (Å²) in [5.41, 5.74) is 9.95. The second-order valence-corrected chi connectivity index (χ2v) is 11.6. The first-order valence-electron chi connectivity index (χ1n) is 15.3. The fraction of sp³-hybridized carbons (Fsp3) is 0.100. The molecule has 0 aliphatic carbocycles. The van der Waals surface area contributed by atoms with Crippen molar-refractivity contribution in [3.8, 4) is 11.4 Å². The summed E-state index contributed by atoms with van der Waals surface area (Å²) in [5.74, 6) is 0. The molecule has 0 amide bonds. The summed E-state index contributed by atoms with van der Waals surface area (Å²) in [6.45, 7) is 3.29. The van der Waals surface area contributed by atoms with Crippen molar-refractivity contribution in [1.29, 1.82) is 0 Å². The van der Waals surface area contributed by atoms with E-state index in [1.165, 1.54) is 83.2 Å². The van der Waals surface area contributed by atoms with Crippen LogP contribution >= 0.6 is 0 Å². The van der Waals surface area contributed by atoms with Crippen LogP contribution in [0.15, 0.2) is 133 Å². The van der Waals surface area contributed by atoms with Gasteiger partial charge in [0.2, 0.25) is 0 Å². The Morgan fingerprint density at radius 1 is 0.395 bits per heavy atom. The van der Waals surface area contributed by atoms with Crippen molar-refractivity contribution in [1.82, 2.24) is 13.7 Å². The summed E-state index contributed by atoms with van der Waals surface area (Å²) in [5, 5.41) is 7.75. The van der Waals surface area contributed by atoms with Crippen LogP contribution in [0.4, 0.5) is 0 Å². The van der Waals surface area contributed by atoms with E-state index in [1.807, 2.05) is 0 Å². The van der Waals surface area contributed by atoms with Crippen LogP contribution in [-0.2, 0) is 6.54 Å². The molecule has 3 heteroatoms. The van der Waals surface area contributed by atoms with E-state index >= 15 is 0 Å². The third kappa shape index (κ3) is 3.48. The third-order valence-corrected chi connectivity index (χ3v) is 9.24. The SMILES string of the molecule is CCCCn1c2ccc(-n3c4ccccc4c4ccccc43)cc2c2cc(-n3c4ccccc4c4ccccc43)ccc21. The molecule has 0 atom stereocenters. The lowest BCUT2D eigenvalue weighted by Crippen LogP contribution is -1.98. The molecule has 3 nitrogen and oxygen atoms in total. The molecule has 0 N–H and O–H groups in total. The zero-order valence-corrected chi connectivity index (χ0v) is 24.2. The number of hydrogen-bond acceptors (Lipinski definition) is 0.